The maximum absolute atomic E-state index is 13.8. The van der Waals surface area contributed by atoms with Gasteiger partial charge in [-0.2, -0.15) is 0 Å². The third kappa shape index (κ3) is 5.54. The molecule has 0 saturated heterocycles. The number of ketones is 1. The fourth-order valence-corrected chi connectivity index (χ4v) is 4.19. The molecule has 4 rings (SSSR count). The number of halogens is 2. The van der Waals surface area contributed by atoms with E-state index < -0.39 is 23.6 Å². The van der Waals surface area contributed by atoms with Gasteiger partial charge in [0.2, 0.25) is 0 Å². The Morgan fingerprint density at radius 3 is 2.51 bits per heavy atom. The predicted molar refractivity (Wildman–Crippen MR) is 131 cm³/mol. The van der Waals surface area contributed by atoms with Gasteiger partial charge in [-0.25, -0.2) is 13.8 Å². The molecule has 0 radical (unpaired) electrons. The van der Waals surface area contributed by atoms with E-state index in [0.29, 0.717) is 23.5 Å². The number of nitrogens with two attached hydrogens (primary N) is 1. The van der Waals surface area contributed by atoms with E-state index in [4.69, 9.17) is 5.73 Å². The molecule has 8 heteroatoms. The van der Waals surface area contributed by atoms with E-state index in [9.17, 15) is 18.4 Å². The van der Waals surface area contributed by atoms with Crippen molar-refractivity contribution in [1.82, 2.24) is 15.3 Å². The molecule has 35 heavy (non-hydrogen) atoms. The summed E-state index contributed by atoms with van der Waals surface area (Å²) in [5.41, 5.74) is 9.20. The van der Waals surface area contributed by atoms with Crippen LogP contribution < -0.4 is 11.1 Å². The molecule has 0 spiro atoms. The lowest BCUT2D eigenvalue weighted by atomic mass is 9.96. The van der Waals surface area contributed by atoms with Gasteiger partial charge in [0.25, 0.3) is 5.91 Å². The second kappa shape index (κ2) is 10.0. The third-order valence-electron chi connectivity index (χ3n) is 6.01. The summed E-state index contributed by atoms with van der Waals surface area (Å²) in [5, 5.41) is 4.54. The molecule has 0 fully saturated rings. The van der Waals surface area contributed by atoms with E-state index in [1.807, 2.05) is 37.3 Å². The fourth-order valence-electron chi connectivity index (χ4n) is 4.19. The van der Waals surface area contributed by atoms with Gasteiger partial charge in [0.05, 0.1) is 6.04 Å². The van der Waals surface area contributed by atoms with Gasteiger partial charge in [0.15, 0.2) is 17.4 Å². The number of pyridine rings is 1. The highest BCUT2D eigenvalue weighted by atomic mass is 19.2. The number of H-pyrrole nitrogens is 1. The first kappa shape index (κ1) is 24.1. The van der Waals surface area contributed by atoms with Crippen LogP contribution in [0.3, 0.4) is 0 Å². The molecule has 2 heterocycles. The van der Waals surface area contributed by atoms with Crippen molar-refractivity contribution in [3.63, 3.8) is 0 Å². The van der Waals surface area contributed by atoms with Crippen LogP contribution in [0.4, 0.5) is 14.6 Å². The number of aryl methyl sites for hydroxylation is 3. The zero-order chi connectivity index (χ0) is 25.1. The number of carbonyl (C=O) groups excluding carboxylic acids is 2. The second-order valence-corrected chi connectivity index (χ2v) is 8.71. The molecule has 0 bridgehead atoms. The highest BCUT2D eigenvalue weighted by molar-refractivity contribution is 5.98. The smallest absolute Gasteiger partial charge is 0.268 e. The number of hydrogen-bond acceptors (Lipinski definition) is 4. The molecular weight excluding hydrogens is 450 g/mol. The Bertz CT molecular complexity index is 1410. The molecule has 1 amide bonds. The summed E-state index contributed by atoms with van der Waals surface area (Å²) in [4.78, 5) is 33.2. The van der Waals surface area contributed by atoms with E-state index in [0.717, 1.165) is 39.7 Å². The van der Waals surface area contributed by atoms with Crippen LogP contribution in [0.15, 0.2) is 54.7 Å². The number of benzene rings is 2. The van der Waals surface area contributed by atoms with Gasteiger partial charge in [0, 0.05) is 23.7 Å². The highest BCUT2D eigenvalue weighted by Gasteiger charge is 2.24. The minimum absolute atomic E-state index is 0.0421. The van der Waals surface area contributed by atoms with Gasteiger partial charge in [-0.3, -0.25) is 9.59 Å². The van der Waals surface area contributed by atoms with Crippen molar-refractivity contribution >= 4 is 28.3 Å². The Balaban J connectivity index is 1.53. The summed E-state index contributed by atoms with van der Waals surface area (Å²) >= 11 is 0. The van der Waals surface area contributed by atoms with Gasteiger partial charge in [-0.15, -0.1) is 0 Å². The molecule has 0 unspecified atom stereocenters. The SMILES string of the molecule is Cc1cc(C)c(C(=O)N[C@@H](Cc2ccc(F)c(F)c2)C(=O)CCc2ccc3c(N)nccc3c2)[nH]1. The molecule has 0 aliphatic carbocycles. The summed E-state index contributed by atoms with van der Waals surface area (Å²) in [5.74, 6) is -2.16. The van der Waals surface area contributed by atoms with Crippen LogP contribution in [0.1, 0.15) is 39.3 Å². The minimum Gasteiger partial charge on any atom is -0.383 e. The van der Waals surface area contributed by atoms with Crippen molar-refractivity contribution in [2.45, 2.75) is 39.2 Å². The van der Waals surface area contributed by atoms with Crippen molar-refractivity contribution in [3.8, 4) is 0 Å². The molecule has 2 aromatic carbocycles. The molecule has 2 aromatic heterocycles. The molecule has 4 N–H and O–H groups in total. The molecule has 0 aliphatic rings. The van der Waals surface area contributed by atoms with Crippen molar-refractivity contribution in [1.29, 1.82) is 0 Å². The number of nitrogens with zero attached hydrogens (tertiary/aromatic N) is 1. The summed E-state index contributed by atoms with van der Waals surface area (Å²) in [6, 6.07) is 12.0. The summed E-state index contributed by atoms with van der Waals surface area (Å²) < 4.78 is 27.2. The molecule has 6 nitrogen and oxygen atoms in total. The first-order valence-electron chi connectivity index (χ1n) is 11.3. The number of amides is 1. The van der Waals surface area contributed by atoms with Crippen LogP contribution >= 0.6 is 0 Å². The molecule has 180 valence electrons. The minimum atomic E-state index is -0.999. The topological polar surface area (TPSA) is 101 Å². The summed E-state index contributed by atoms with van der Waals surface area (Å²) in [6.45, 7) is 3.63. The first-order chi connectivity index (χ1) is 16.7. The normalized spacial score (nSPS) is 12.0. The Kier molecular flexibility index (Phi) is 6.91. The lowest BCUT2D eigenvalue weighted by Gasteiger charge is -2.18. The van der Waals surface area contributed by atoms with Crippen LogP contribution in [0.25, 0.3) is 10.8 Å². The number of nitrogen functional groups attached to an aromatic ring is 1. The van der Waals surface area contributed by atoms with E-state index in [1.54, 1.807) is 13.1 Å². The van der Waals surface area contributed by atoms with E-state index in [2.05, 4.69) is 15.3 Å². The van der Waals surface area contributed by atoms with Crippen LogP contribution in [-0.4, -0.2) is 27.7 Å². The Morgan fingerprint density at radius 2 is 1.80 bits per heavy atom. The van der Waals surface area contributed by atoms with Gasteiger partial charge in [-0.1, -0.05) is 24.3 Å². The Morgan fingerprint density at radius 1 is 1.03 bits per heavy atom. The molecule has 4 aromatic rings. The number of carbonyl (C=O) groups is 2. The zero-order valence-electron chi connectivity index (χ0n) is 19.5. The number of hydrogen-bond donors (Lipinski definition) is 3. The van der Waals surface area contributed by atoms with E-state index in [-0.39, 0.29) is 18.6 Å². The Labute approximate surface area is 201 Å². The average Bonchev–Trinajstić information content (AvgIpc) is 3.17. The molecule has 0 aliphatic heterocycles. The Hall–Kier alpha value is -4.07. The van der Waals surface area contributed by atoms with Gasteiger partial charge >= 0.3 is 0 Å². The maximum atomic E-state index is 13.8. The average molecular weight is 477 g/mol. The van der Waals surface area contributed by atoms with Crippen molar-refractivity contribution in [3.05, 3.63) is 94.4 Å². The number of fused-ring (bicyclic) bond motifs is 1. The first-order valence-corrected chi connectivity index (χ1v) is 11.3. The van der Waals surface area contributed by atoms with Gasteiger partial charge < -0.3 is 16.0 Å². The monoisotopic (exact) mass is 476 g/mol. The molecule has 0 saturated carbocycles. The second-order valence-electron chi connectivity index (χ2n) is 8.71. The quantitative estimate of drug-likeness (QED) is 0.346. The van der Waals surface area contributed by atoms with Crippen molar-refractivity contribution in [2.75, 3.05) is 5.73 Å². The van der Waals surface area contributed by atoms with Crippen molar-refractivity contribution in [2.24, 2.45) is 0 Å². The molecular formula is C27H26F2N4O2. The lowest BCUT2D eigenvalue weighted by Crippen LogP contribution is -2.43. The third-order valence-corrected chi connectivity index (χ3v) is 6.01. The van der Waals surface area contributed by atoms with Gasteiger partial charge in [-0.05, 0) is 73.0 Å². The number of Topliss-reactive ketones (excluding diaryl/α,β-unsaturated/α-hetero) is 1. The number of anilines is 1. The van der Waals surface area contributed by atoms with E-state index in [1.165, 1.54) is 6.07 Å². The largest absolute Gasteiger partial charge is 0.383 e. The van der Waals surface area contributed by atoms with E-state index >= 15 is 0 Å². The van der Waals surface area contributed by atoms with Crippen LogP contribution in [0.5, 0.6) is 0 Å². The number of nitrogens with one attached hydrogen (secondary N) is 2. The zero-order valence-corrected chi connectivity index (χ0v) is 19.5. The predicted octanol–water partition coefficient (Wildman–Crippen LogP) is 4.58. The summed E-state index contributed by atoms with van der Waals surface area (Å²) in [7, 11) is 0. The number of aromatic nitrogens is 2. The summed E-state index contributed by atoms with van der Waals surface area (Å²) in [6.07, 6.45) is 2.27. The highest BCUT2D eigenvalue weighted by Crippen LogP contribution is 2.21. The van der Waals surface area contributed by atoms with Crippen molar-refractivity contribution < 1.29 is 18.4 Å². The van der Waals surface area contributed by atoms with Crippen LogP contribution in [0.2, 0.25) is 0 Å². The molecule has 1 atom stereocenters. The van der Waals surface area contributed by atoms with Gasteiger partial charge in [0.1, 0.15) is 11.5 Å². The van der Waals surface area contributed by atoms with Crippen LogP contribution in [-0.2, 0) is 17.6 Å². The fraction of sp³-hybridized carbons (Fsp3) is 0.222. The standard InChI is InChI=1S/C27H26F2N4O2/c1-15-11-16(2)32-25(15)27(35)33-23(14-18-4-7-21(28)22(29)13-18)24(34)8-5-17-3-6-20-19(12-17)9-10-31-26(20)30/h3-4,6-7,9-13,23,32H,5,8,14H2,1-2H3,(H2,30,31)(H,33,35)/t23-/m0/s1. The lowest BCUT2D eigenvalue weighted by molar-refractivity contribution is -0.120. The van der Waals surface area contributed by atoms with Crippen LogP contribution in [0, 0.1) is 25.5 Å². The maximum Gasteiger partial charge on any atom is 0.268 e. The number of aromatic amines is 1. The number of rotatable bonds is 8.